The van der Waals surface area contributed by atoms with Crippen molar-refractivity contribution in [1.29, 1.82) is 0 Å². The Morgan fingerprint density at radius 3 is 2.32 bits per heavy atom. The van der Waals surface area contributed by atoms with Crippen molar-refractivity contribution < 1.29 is 26.7 Å². The topological polar surface area (TPSA) is 75.7 Å². The van der Waals surface area contributed by atoms with E-state index in [2.05, 4.69) is 5.32 Å². The van der Waals surface area contributed by atoms with Crippen molar-refractivity contribution in [2.75, 3.05) is 25.0 Å². The number of hydrogen-bond acceptors (Lipinski definition) is 4. The van der Waals surface area contributed by atoms with Gasteiger partial charge in [0.2, 0.25) is 15.9 Å². The largest absolute Gasteiger partial charge is 0.494 e. The number of nitrogens with one attached hydrogen (secondary N) is 1. The summed E-state index contributed by atoms with van der Waals surface area (Å²) in [6.07, 6.45) is 0. The van der Waals surface area contributed by atoms with Crippen LogP contribution in [0.1, 0.15) is 19.4 Å². The van der Waals surface area contributed by atoms with Gasteiger partial charge in [0, 0.05) is 6.54 Å². The minimum atomic E-state index is -3.98. The molecule has 0 aliphatic carbocycles. The number of carbonyl (C=O) groups is 1. The fraction of sp³-hybridized carbons (Fsp3) is 0.316. The molecule has 0 spiro atoms. The summed E-state index contributed by atoms with van der Waals surface area (Å²) < 4.78 is 59.4. The molecule has 6 nitrogen and oxygen atoms in total. The predicted molar refractivity (Wildman–Crippen MR) is 102 cm³/mol. The van der Waals surface area contributed by atoms with E-state index in [1.165, 1.54) is 12.1 Å². The molecule has 1 N–H and O–H groups in total. The van der Waals surface area contributed by atoms with Crippen molar-refractivity contribution in [1.82, 2.24) is 4.31 Å². The van der Waals surface area contributed by atoms with Gasteiger partial charge in [-0.25, -0.2) is 17.2 Å². The Bertz CT molecular complexity index is 944. The lowest BCUT2D eigenvalue weighted by Gasteiger charge is -2.21. The van der Waals surface area contributed by atoms with Crippen LogP contribution in [0.3, 0.4) is 0 Å². The predicted octanol–water partition coefficient (Wildman–Crippen LogP) is 3.32. The third-order valence-electron chi connectivity index (χ3n) is 3.98. The molecule has 0 radical (unpaired) electrons. The molecule has 0 aromatic heterocycles. The number of nitrogens with zero attached hydrogens (tertiary/aromatic N) is 1. The highest BCUT2D eigenvalue weighted by Crippen LogP contribution is 2.24. The smallest absolute Gasteiger partial charge is 0.243 e. The zero-order valence-corrected chi connectivity index (χ0v) is 16.6. The van der Waals surface area contributed by atoms with Gasteiger partial charge in [0.05, 0.1) is 18.0 Å². The summed E-state index contributed by atoms with van der Waals surface area (Å²) in [4.78, 5) is 12.2. The number of benzene rings is 2. The highest BCUT2D eigenvalue weighted by atomic mass is 32.2. The molecule has 0 saturated carbocycles. The normalized spacial score (nSPS) is 11.5. The van der Waals surface area contributed by atoms with Gasteiger partial charge < -0.3 is 10.1 Å². The first-order chi connectivity index (χ1) is 13.2. The molecule has 0 heterocycles. The maximum absolute atomic E-state index is 13.7. The van der Waals surface area contributed by atoms with E-state index in [0.29, 0.717) is 17.9 Å². The summed E-state index contributed by atoms with van der Waals surface area (Å²) >= 11 is 0. The van der Waals surface area contributed by atoms with Crippen molar-refractivity contribution in [3.05, 3.63) is 53.6 Å². The number of rotatable bonds is 8. The van der Waals surface area contributed by atoms with Crippen molar-refractivity contribution in [2.24, 2.45) is 0 Å². The van der Waals surface area contributed by atoms with Crippen LogP contribution in [-0.4, -0.2) is 38.3 Å². The fourth-order valence-electron chi connectivity index (χ4n) is 2.57. The second kappa shape index (κ2) is 9.11. The van der Waals surface area contributed by atoms with Crippen LogP contribution in [0.25, 0.3) is 0 Å². The van der Waals surface area contributed by atoms with E-state index in [1.54, 1.807) is 19.9 Å². The number of amides is 1. The lowest BCUT2D eigenvalue weighted by molar-refractivity contribution is -0.116. The van der Waals surface area contributed by atoms with Crippen LogP contribution >= 0.6 is 0 Å². The number of ether oxygens (including phenoxy) is 1. The lowest BCUT2D eigenvalue weighted by Crippen LogP contribution is -2.38. The molecule has 0 bridgehead atoms. The molecule has 0 aliphatic heterocycles. The standard InChI is InChI=1S/C19H22F2N2O4S/c1-4-23(12-18(24)22-19-15(20)7-6-8-16(19)21)28(25,26)14-9-10-17(27-5-2)13(3)11-14/h6-11H,4-5,12H2,1-3H3,(H,22,24). The Balaban J connectivity index is 2.21. The Hall–Kier alpha value is -2.52. The van der Waals surface area contributed by atoms with Crippen molar-refractivity contribution in [3.8, 4) is 5.75 Å². The van der Waals surface area contributed by atoms with E-state index in [4.69, 9.17) is 4.74 Å². The van der Waals surface area contributed by atoms with Gasteiger partial charge in [-0.2, -0.15) is 4.31 Å². The Morgan fingerprint density at radius 2 is 1.79 bits per heavy atom. The SMILES string of the molecule is CCOc1ccc(S(=O)(=O)N(CC)CC(=O)Nc2c(F)cccc2F)cc1C. The van der Waals surface area contributed by atoms with Crippen molar-refractivity contribution >= 4 is 21.6 Å². The lowest BCUT2D eigenvalue weighted by atomic mass is 10.2. The van der Waals surface area contributed by atoms with E-state index >= 15 is 0 Å². The summed E-state index contributed by atoms with van der Waals surface area (Å²) in [6.45, 7) is 4.96. The number of likely N-dealkylation sites (N-methyl/N-ethyl adjacent to an activating group) is 1. The second-order valence-electron chi connectivity index (χ2n) is 5.94. The molecule has 2 aromatic rings. The van der Waals surface area contributed by atoms with E-state index in [1.807, 2.05) is 6.92 Å². The molecular formula is C19H22F2N2O4S. The van der Waals surface area contributed by atoms with Crippen LogP contribution in [-0.2, 0) is 14.8 Å². The van der Waals surface area contributed by atoms with Crippen LogP contribution in [0.2, 0.25) is 0 Å². The van der Waals surface area contributed by atoms with Crippen LogP contribution in [0, 0.1) is 18.6 Å². The molecule has 0 aliphatic rings. The Kier molecular flexibility index (Phi) is 7.09. The summed E-state index contributed by atoms with van der Waals surface area (Å²) in [6, 6.07) is 7.55. The van der Waals surface area contributed by atoms with Crippen molar-refractivity contribution in [2.45, 2.75) is 25.7 Å². The number of para-hydroxylation sites is 1. The van der Waals surface area contributed by atoms with Crippen LogP contribution in [0.4, 0.5) is 14.5 Å². The number of aryl methyl sites for hydroxylation is 1. The highest BCUT2D eigenvalue weighted by Gasteiger charge is 2.26. The molecule has 0 saturated heterocycles. The highest BCUT2D eigenvalue weighted by molar-refractivity contribution is 7.89. The number of sulfonamides is 1. The van der Waals surface area contributed by atoms with Gasteiger partial charge in [-0.1, -0.05) is 13.0 Å². The molecule has 0 fully saturated rings. The zero-order valence-electron chi connectivity index (χ0n) is 15.8. The van der Waals surface area contributed by atoms with E-state index < -0.39 is 39.8 Å². The van der Waals surface area contributed by atoms with Gasteiger partial charge in [-0.05, 0) is 49.7 Å². The van der Waals surface area contributed by atoms with Gasteiger partial charge >= 0.3 is 0 Å². The van der Waals surface area contributed by atoms with Crippen LogP contribution in [0.15, 0.2) is 41.3 Å². The molecule has 0 atom stereocenters. The maximum Gasteiger partial charge on any atom is 0.243 e. The van der Waals surface area contributed by atoms with Crippen LogP contribution < -0.4 is 10.1 Å². The first-order valence-corrected chi connectivity index (χ1v) is 10.1. The maximum atomic E-state index is 13.7. The molecule has 2 aromatic carbocycles. The first kappa shape index (κ1) is 21.8. The van der Waals surface area contributed by atoms with Gasteiger partial charge in [0.25, 0.3) is 0 Å². The average molecular weight is 412 g/mol. The molecule has 28 heavy (non-hydrogen) atoms. The summed E-state index contributed by atoms with van der Waals surface area (Å²) in [5.74, 6) is -2.17. The molecular weight excluding hydrogens is 390 g/mol. The van der Waals surface area contributed by atoms with E-state index in [0.717, 1.165) is 22.5 Å². The molecule has 0 unspecified atom stereocenters. The number of halogens is 2. The van der Waals surface area contributed by atoms with E-state index in [-0.39, 0.29) is 11.4 Å². The minimum Gasteiger partial charge on any atom is -0.494 e. The van der Waals surface area contributed by atoms with Gasteiger partial charge in [-0.15, -0.1) is 0 Å². The molecule has 2 rings (SSSR count). The minimum absolute atomic E-state index is 0.000162. The fourth-order valence-corrected chi connectivity index (χ4v) is 4.06. The number of carbonyl (C=O) groups excluding carboxylic acids is 1. The third-order valence-corrected chi connectivity index (χ3v) is 5.90. The quantitative estimate of drug-likeness (QED) is 0.722. The van der Waals surface area contributed by atoms with Gasteiger partial charge in [0.15, 0.2) is 0 Å². The third kappa shape index (κ3) is 4.85. The van der Waals surface area contributed by atoms with E-state index in [9.17, 15) is 22.0 Å². The summed E-state index contributed by atoms with van der Waals surface area (Å²) in [5.41, 5.74) is 0.0229. The summed E-state index contributed by atoms with van der Waals surface area (Å²) in [7, 11) is -3.98. The molecule has 9 heteroatoms. The number of anilines is 1. The second-order valence-corrected chi connectivity index (χ2v) is 7.87. The first-order valence-electron chi connectivity index (χ1n) is 8.68. The Morgan fingerprint density at radius 1 is 1.14 bits per heavy atom. The number of hydrogen-bond donors (Lipinski definition) is 1. The summed E-state index contributed by atoms with van der Waals surface area (Å²) in [5, 5.41) is 2.09. The van der Waals surface area contributed by atoms with Crippen LogP contribution in [0.5, 0.6) is 5.75 Å². The monoisotopic (exact) mass is 412 g/mol. The van der Waals surface area contributed by atoms with Gasteiger partial charge in [0.1, 0.15) is 23.1 Å². The molecule has 1 amide bonds. The van der Waals surface area contributed by atoms with Gasteiger partial charge in [-0.3, -0.25) is 4.79 Å². The average Bonchev–Trinajstić information content (AvgIpc) is 2.64. The zero-order chi connectivity index (χ0) is 20.9. The molecule has 152 valence electrons. The Labute approximate surface area is 163 Å². The van der Waals surface area contributed by atoms with Crippen molar-refractivity contribution in [3.63, 3.8) is 0 Å².